The van der Waals surface area contributed by atoms with Crippen LogP contribution < -0.4 is 15.8 Å². The second kappa shape index (κ2) is 12.0. The van der Waals surface area contributed by atoms with E-state index in [1.165, 1.54) is 37.9 Å². The summed E-state index contributed by atoms with van der Waals surface area (Å²) in [4.78, 5) is 6.99. The summed E-state index contributed by atoms with van der Waals surface area (Å²) in [5, 5.41) is 3.12. The highest BCUT2D eigenvalue weighted by molar-refractivity contribution is 14.0. The predicted octanol–water partition coefficient (Wildman–Crippen LogP) is 5.00. The van der Waals surface area contributed by atoms with Gasteiger partial charge in [-0.3, -0.25) is 4.90 Å². The van der Waals surface area contributed by atoms with Gasteiger partial charge in [0.05, 0.1) is 12.6 Å². The summed E-state index contributed by atoms with van der Waals surface area (Å²) in [5.41, 5.74) is 9.45. The third kappa shape index (κ3) is 8.22. The van der Waals surface area contributed by atoms with E-state index < -0.39 is 0 Å². The lowest BCUT2D eigenvalue weighted by atomic mass is 10.1. The van der Waals surface area contributed by atoms with Gasteiger partial charge in [-0.2, -0.15) is 0 Å². The third-order valence-electron chi connectivity index (χ3n) is 4.81. The third-order valence-corrected chi connectivity index (χ3v) is 4.81. The Bertz CT molecular complexity index is 753. The van der Waals surface area contributed by atoms with Gasteiger partial charge in [-0.05, 0) is 75.2 Å². The summed E-state index contributed by atoms with van der Waals surface area (Å²) in [6.07, 6.45) is 4.19. The first-order valence-corrected chi connectivity index (χ1v) is 10.2. The van der Waals surface area contributed by atoms with Crippen molar-refractivity contribution >= 4 is 35.6 Å². The van der Waals surface area contributed by atoms with Crippen molar-refractivity contribution < 1.29 is 4.74 Å². The van der Waals surface area contributed by atoms with E-state index in [0.717, 1.165) is 23.5 Å². The minimum Gasteiger partial charge on any atom is -0.491 e. The molecule has 5 nitrogen and oxygen atoms in total. The average molecular weight is 508 g/mol. The number of hydrogen-bond donors (Lipinski definition) is 2. The number of piperidine rings is 1. The van der Waals surface area contributed by atoms with Crippen LogP contribution in [0.4, 0.5) is 5.69 Å². The number of nitrogens with two attached hydrogens (primary N) is 1. The molecule has 6 heteroatoms. The Balaban J connectivity index is 0.00000300. The van der Waals surface area contributed by atoms with Crippen molar-refractivity contribution in [1.82, 2.24) is 4.90 Å². The minimum absolute atomic E-state index is 0. The van der Waals surface area contributed by atoms with Crippen LogP contribution in [0, 0.1) is 0 Å². The predicted molar refractivity (Wildman–Crippen MR) is 132 cm³/mol. The highest BCUT2D eigenvalue weighted by Gasteiger charge is 2.10. The molecule has 0 unspecified atom stereocenters. The van der Waals surface area contributed by atoms with Gasteiger partial charge in [-0.25, -0.2) is 4.99 Å². The fraction of sp³-hybridized carbons (Fsp3) is 0.435. The number of ether oxygens (including phenoxy) is 1. The minimum atomic E-state index is 0. The molecule has 0 aromatic heterocycles. The number of benzene rings is 2. The molecule has 1 fully saturated rings. The SMILES string of the molecule is CC(C)Oc1ccc(NC(N)=NCc2ccc(CN3CCCCC3)cc2)cc1.I. The van der Waals surface area contributed by atoms with Crippen molar-refractivity contribution in [3.8, 4) is 5.75 Å². The van der Waals surface area contributed by atoms with Crippen LogP contribution in [0.2, 0.25) is 0 Å². The fourth-order valence-electron chi connectivity index (χ4n) is 3.38. The van der Waals surface area contributed by atoms with E-state index in [0.29, 0.717) is 12.5 Å². The van der Waals surface area contributed by atoms with Gasteiger partial charge < -0.3 is 15.8 Å². The highest BCUT2D eigenvalue weighted by Crippen LogP contribution is 2.17. The Morgan fingerprint density at radius 3 is 2.24 bits per heavy atom. The Morgan fingerprint density at radius 2 is 1.62 bits per heavy atom. The van der Waals surface area contributed by atoms with Crippen LogP contribution in [0.15, 0.2) is 53.5 Å². The van der Waals surface area contributed by atoms with Crippen molar-refractivity contribution in [2.24, 2.45) is 10.7 Å². The van der Waals surface area contributed by atoms with Gasteiger partial charge in [0.1, 0.15) is 5.75 Å². The van der Waals surface area contributed by atoms with Crippen molar-refractivity contribution in [3.63, 3.8) is 0 Å². The summed E-state index contributed by atoms with van der Waals surface area (Å²) in [7, 11) is 0. The van der Waals surface area contributed by atoms with E-state index in [1.54, 1.807) is 0 Å². The van der Waals surface area contributed by atoms with Gasteiger partial charge >= 0.3 is 0 Å². The van der Waals surface area contributed by atoms with E-state index in [1.807, 2.05) is 38.1 Å². The Kier molecular flexibility index (Phi) is 9.73. The Hall–Kier alpha value is -1.80. The van der Waals surface area contributed by atoms with Crippen LogP contribution in [0.3, 0.4) is 0 Å². The lowest BCUT2D eigenvalue weighted by Gasteiger charge is -2.26. The zero-order valence-electron chi connectivity index (χ0n) is 17.4. The summed E-state index contributed by atoms with van der Waals surface area (Å²) in [6.45, 7) is 8.08. The number of halogens is 1. The van der Waals surface area contributed by atoms with Crippen molar-refractivity contribution in [2.45, 2.75) is 52.3 Å². The molecule has 3 rings (SSSR count). The van der Waals surface area contributed by atoms with Crippen LogP contribution in [0.1, 0.15) is 44.2 Å². The summed E-state index contributed by atoms with van der Waals surface area (Å²) < 4.78 is 5.64. The molecule has 2 aromatic carbocycles. The number of hydrogen-bond acceptors (Lipinski definition) is 3. The molecular weight excluding hydrogens is 475 g/mol. The number of aliphatic imine (C=N–C) groups is 1. The second-order valence-corrected chi connectivity index (χ2v) is 7.67. The first-order chi connectivity index (χ1) is 13.6. The number of nitrogens with one attached hydrogen (secondary N) is 1. The van der Waals surface area contributed by atoms with Gasteiger partial charge in [0.2, 0.25) is 0 Å². The number of likely N-dealkylation sites (tertiary alicyclic amines) is 1. The van der Waals surface area contributed by atoms with Gasteiger partial charge in [-0.1, -0.05) is 30.7 Å². The fourth-order valence-corrected chi connectivity index (χ4v) is 3.38. The maximum absolute atomic E-state index is 6.03. The highest BCUT2D eigenvalue weighted by atomic mass is 127. The van der Waals surface area contributed by atoms with Crippen LogP contribution in [0.5, 0.6) is 5.75 Å². The second-order valence-electron chi connectivity index (χ2n) is 7.67. The molecule has 158 valence electrons. The van der Waals surface area contributed by atoms with Crippen LogP contribution in [0.25, 0.3) is 0 Å². The topological polar surface area (TPSA) is 62.9 Å². The maximum Gasteiger partial charge on any atom is 0.193 e. The van der Waals surface area contributed by atoms with Crippen molar-refractivity contribution in [1.29, 1.82) is 0 Å². The lowest BCUT2D eigenvalue weighted by Crippen LogP contribution is -2.29. The Morgan fingerprint density at radius 1 is 1.00 bits per heavy atom. The molecule has 0 radical (unpaired) electrons. The zero-order valence-corrected chi connectivity index (χ0v) is 19.8. The maximum atomic E-state index is 6.03. The normalized spacial score (nSPS) is 15.1. The average Bonchev–Trinajstić information content (AvgIpc) is 2.69. The molecular formula is C23H33IN4O. The lowest BCUT2D eigenvalue weighted by molar-refractivity contribution is 0.221. The first-order valence-electron chi connectivity index (χ1n) is 10.2. The van der Waals surface area contributed by atoms with Gasteiger partial charge in [-0.15, -0.1) is 24.0 Å². The standard InChI is InChI=1S/C23H32N4O.HI/c1-18(2)28-22-12-10-21(11-13-22)26-23(24)25-16-19-6-8-20(9-7-19)17-27-14-4-3-5-15-27;/h6-13,18H,3-5,14-17H2,1-2H3,(H3,24,25,26);1H. The van der Waals surface area contributed by atoms with E-state index in [-0.39, 0.29) is 30.1 Å². The molecule has 1 aliphatic heterocycles. The van der Waals surface area contributed by atoms with Gasteiger partial charge in [0, 0.05) is 12.2 Å². The number of rotatable bonds is 7. The number of anilines is 1. The molecule has 29 heavy (non-hydrogen) atoms. The molecule has 3 N–H and O–H groups in total. The Labute approximate surface area is 191 Å². The first kappa shape index (κ1) is 23.5. The van der Waals surface area contributed by atoms with Gasteiger partial charge in [0.15, 0.2) is 5.96 Å². The molecule has 1 aliphatic rings. The van der Waals surface area contributed by atoms with Crippen LogP contribution >= 0.6 is 24.0 Å². The molecule has 0 saturated carbocycles. The van der Waals surface area contributed by atoms with Crippen molar-refractivity contribution in [2.75, 3.05) is 18.4 Å². The van der Waals surface area contributed by atoms with E-state index >= 15 is 0 Å². The smallest absolute Gasteiger partial charge is 0.193 e. The van der Waals surface area contributed by atoms with Crippen molar-refractivity contribution in [3.05, 3.63) is 59.7 Å². The van der Waals surface area contributed by atoms with Crippen LogP contribution in [-0.2, 0) is 13.1 Å². The largest absolute Gasteiger partial charge is 0.491 e. The summed E-state index contributed by atoms with van der Waals surface area (Å²) >= 11 is 0. The summed E-state index contributed by atoms with van der Waals surface area (Å²) in [6, 6.07) is 16.4. The molecule has 2 aromatic rings. The molecule has 1 saturated heterocycles. The monoisotopic (exact) mass is 508 g/mol. The number of guanidine groups is 1. The van der Waals surface area contributed by atoms with Crippen LogP contribution in [-0.4, -0.2) is 30.1 Å². The van der Waals surface area contributed by atoms with Gasteiger partial charge in [0.25, 0.3) is 0 Å². The molecule has 0 spiro atoms. The molecule has 0 aliphatic carbocycles. The summed E-state index contributed by atoms with van der Waals surface area (Å²) in [5.74, 6) is 1.26. The molecule has 0 atom stereocenters. The zero-order chi connectivity index (χ0) is 19.8. The van der Waals surface area contributed by atoms with E-state index in [9.17, 15) is 0 Å². The number of nitrogens with zero attached hydrogens (tertiary/aromatic N) is 2. The van der Waals surface area contributed by atoms with E-state index in [2.05, 4.69) is 39.5 Å². The van der Waals surface area contributed by atoms with E-state index in [4.69, 9.17) is 10.5 Å². The quantitative estimate of drug-likeness (QED) is 0.314. The molecule has 0 amide bonds. The molecule has 1 heterocycles. The molecule has 0 bridgehead atoms.